The average molecular weight is 431 g/mol. The SMILES string of the molecule is Cc1cc(SCc2cccc(-c3ccc(C(F)(F)F)cc3)c2)ccc1OCC(N)=O. The molecule has 0 aromatic heterocycles. The Kier molecular flexibility index (Phi) is 6.72. The van der Waals surface area contributed by atoms with Crippen LogP contribution in [0.2, 0.25) is 0 Å². The summed E-state index contributed by atoms with van der Waals surface area (Å²) in [7, 11) is 0. The minimum atomic E-state index is -4.34. The van der Waals surface area contributed by atoms with Gasteiger partial charge in [-0.1, -0.05) is 36.4 Å². The highest BCUT2D eigenvalue weighted by molar-refractivity contribution is 7.98. The highest BCUT2D eigenvalue weighted by Crippen LogP contribution is 2.32. The van der Waals surface area contributed by atoms with E-state index in [0.717, 1.165) is 39.3 Å². The standard InChI is InChI=1S/C23H20F3NO2S/c1-15-11-20(9-10-21(15)29-13-22(27)28)30-14-16-3-2-4-18(12-16)17-5-7-19(8-6-17)23(24,25)26/h2-12H,13-14H2,1H3,(H2,27,28). The van der Waals surface area contributed by atoms with Crippen molar-refractivity contribution in [2.45, 2.75) is 23.7 Å². The van der Waals surface area contributed by atoms with Gasteiger partial charge in [-0.15, -0.1) is 11.8 Å². The van der Waals surface area contributed by atoms with E-state index in [1.807, 2.05) is 43.3 Å². The van der Waals surface area contributed by atoms with Gasteiger partial charge in [-0.05, 0) is 59.5 Å². The summed E-state index contributed by atoms with van der Waals surface area (Å²) in [4.78, 5) is 11.9. The molecular formula is C23H20F3NO2S. The van der Waals surface area contributed by atoms with Crippen molar-refractivity contribution >= 4 is 17.7 Å². The summed E-state index contributed by atoms with van der Waals surface area (Å²) in [6.07, 6.45) is -4.34. The lowest BCUT2D eigenvalue weighted by Crippen LogP contribution is -2.20. The van der Waals surface area contributed by atoms with Gasteiger partial charge in [-0.3, -0.25) is 4.79 Å². The maximum absolute atomic E-state index is 12.7. The number of carbonyl (C=O) groups excluding carboxylic acids is 1. The molecule has 0 aliphatic rings. The molecule has 3 aromatic rings. The molecule has 3 nitrogen and oxygen atoms in total. The number of halogens is 3. The van der Waals surface area contributed by atoms with Crippen LogP contribution in [0.25, 0.3) is 11.1 Å². The van der Waals surface area contributed by atoms with E-state index >= 15 is 0 Å². The van der Waals surface area contributed by atoms with E-state index in [1.165, 1.54) is 12.1 Å². The summed E-state index contributed by atoms with van der Waals surface area (Å²) in [5.74, 6) is 0.790. The van der Waals surface area contributed by atoms with E-state index in [2.05, 4.69) is 0 Å². The predicted octanol–water partition coefficient (Wildman–Crippen LogP) is 5.84. The van der Waals surface area contributed by atoms with Gasteiger partial charge in [0.1, 0.15) is 5.75 Å². The normalized spacial score (nSPS) is 11.3. The number of benzene rings is 3. The zero-order valence-electron chi connectivity index (χ0n) is 16.2. The van der Waals surface area contributed by atoms with Crippen LogP contribution in [0.1, 0.15) is 16.7 Å². The number of primary amides is 1. The molecule has 30 heavy (non-hydrogen) atoms. The van der Waals surface area contributed by atoms with Gasteiger partial charge >= 0.3 is 6.18 Å². The van der Waals surface area contributed by atoms with Crippen molar-refractivity contribution in [1.29, 1.82) is 0 Å². The van der Waals surface area contributed by atoms with Crippen molar-refractivity contribution in [3.8, 4) is 16.9 Å². The number of nitrogens with two attached hydrogens (primary N) is 1. The Labute approximate surface area is 177 Å². The van der Waals surface area contributed by atoms with Crippen molar-refractivity contribution in [3.05, 3.63) is 83.4 Å². The van der Waals surface area contributed by atoms with E-state index < -0.39 is 17.6 Å². The zero-order chi connectivity index (χ0) is 21.7. The van der Waals surface area contributed by atoms with Crippen LogP contribution in [-0.4, -0.2) is 12.5 Å². The summed E-state index contributed by atoms with van der Waals surface area (Å²) in [5.41, 5.74) is 8.01. The van der Waals surface area contributed by atoms with Crippen molar-refractivity contribution in [2.24, 2.45) is 5.73 Å². The summed E-state index contributed by atoms with van der Waals surface area (Å²) >= 11 is 1.63. The molecule has 0 radical (unpaired) electrons. The fourth-order valence-corrected chi connectivity index (χ4v) is 3.82. The van der Waals surface area contributed by atoms with Crippen LogP contribution < -0.4 is 10.5 Å². The molecule has 2 N–H and O–H groups in total. The molecule has 0 heterocycles. The lowest BCUT2D eigenvalue weighted by molar-refractivity contribution is -0.137. The van der Waals surface area contributed by atoms with Crippen LogP contribution in [0.15, 0.2) is 71.6 Å². The first-order valence-electron chi connectivity index (χ1n) is 9.13. The van der Waals surface area contributed by atoms with Crippen molar-refractivity contribution in [3.63, 3.8) is 0 Å². The van der Waals surface area contributed by atoms with E-state index in [1.54, 1.807) is 17.8 Å². The average Bonchev–Trinajstić information content (AvgIpc) is 2.71. The van der Waals surface area contributed by atoms with Crippen LogP contribution in [0.3, 0.4) is 0 Å². The van der Waals surface area contributed by atoms with E-state index in [9.17, 15) is 18.0 Å². The van der Waals surface area contributed by atoms with Gasteiger partial charge in [-0.25, -0.2) is 0 Å². The maximum Gasteiger partial charge on any atom is 0.416 e. The highest BCUT2D eigenvalue weighted by Gasteiger charge is 2.29. The second-order valence-electron chi connectivity index (χ2n) is 6.75. The fourth-order valence-electron chi connectivity index (χ4n) is 2.88. The first-order valence-corrected chi connectivity index (χ1v) is 10.1. The highest BCUT2D eigenvalue weighted by atomic mass is 32.2. The van der Waals surface area contributed by atoms with Crippen LogP contribution in [0.4, 0.5) is 13.2 Å². The lowest BCUT2D eigenvalue weighted by atomic mass is 10.0. The second-order valence-corrected chi connectivity index (χ2v) is 7.80. The number of alkyl halides is 3. The molecule has 3 aromatic carbocycles. The van der Waals surface area contributed by atoms with E-state index in [-0.39, 0.29) is 6.61 Å². The van der Waals surface area contributed by atoms with Crippen molar-refractivity contribution in [2.75, 3.05) is 6.61 Å². The molecule has 0 aliphatic carbocycles. The molecule has 0 bridgehead atoms. The van der Waals surface area contributed by atoms with Gasteiger partial charge in [0.15, 0.2) is 6.61 Å². The first-order chi connectivity index (χ1) is 14.2. The Hall–Kier alpha value is -2.93. The minimum Gasteiger partial charge on any atom is -0.484 e. The smallest absolute Gasteiger partial charge is 0.416 e. The summed E-state index contributed by atoms with van der Waals surface area (Å²) in [6.45, 7) is 1.73. The van der Waals surface area contributed by atoms with Gasteiger partial charge in [0.25, 0.3) is 5.91 Å². The number of carbonyl (C=O) groups is 1. The Morgan fingerprint density at radius 3 is 2.37 bits per heavy atom. The summed E-state index contributed by atoms with van der Waals surface area (Å²) in [5, 5.41) is 0. The molecule has 0 aliphatic heterocycles. The van der Waals surface area contributed by atoms with Gasteiger partial charge in [0.2, 0.25) is 0 Å². The Morgan fingerprint density at radius 1 is 1.00 bits per heavy atom. The molecule has 0 saturated carbocycles. The molecule has 1 amide bonds. The number of aryl methyl sites for hydroxylation is 1. The number of hydrogen-bond acceptors (Lipinski definition) is 3. The number of thioether (sulfide) groups is 1. The first kappa shape index (κ1) is 21.8. The third-order valence-electron chi connectivity index (χ3n) is 4.39. The van der Waals surface area contributed by atoms with Gasteiger partial charge in [0, 0.05) is 10.6 Å². The largest absolute Gasteiger partial charge is 0.484 e. The second kappa shape index (κ2) is 9.26. The molecule has 0 unspecified atom stereocenters. The van der Waals surface area contributed by atoms with E-state index in [0.29, 0.717) is 11.5 Å². The quantitative estimate of drug-likeness (QED) is 0.479. The Bertz CT molecular complexity index is 1030. The molecule has 3 rings (SSSR count). The van der Waals surface area contributed by atoms with E-state index in [4.69, 9.17) is 10.5 Å². The predicted molar refractivity (Wildman–Crippen MR) is 112 cm³/mol. The molecule has 7 heteroatoms. The Balaban J connectivity index is 1.67. The van der Waals surface area contributed by atoms with Crippen LogP contribution >= 0.6 is 11.8 Å². The fraction of sp³-hybridized carbons (Fsp3) is 0.174. The lowest BCUT2D eigenvalue weighted by Gasteiger charge is -2.10. The molecule has 0 saturated heterocycles. The van der Waals surface area contributed by atoms with Crippen LogP contribution in [0.5, 0.6) is 5.75 Å². The number of rotatable bonds is 7. The third kappa shape index (κ3) is 5.79. The van der Waals surface area contributed by atoms with Crippen LogP contribution in [-0.2, 0) is 16.7 Å². The maximum atomic E-state index is 12.7. The summed E-state index contributed by atoms with van der Waals surface area (Å²) < 4.78 is 43.6. The number of ether oxygens (including phenoxy) is 1. The number of amides is 1. The third-order valence-corrected chi connectivity index (χ3v) is 5.46. The van der Waals surface area contributed by atoms with Gasteiger partial charge in [0.05, 0.1) is 5.56 Å². The molecule has 0 spiro atoms. The molecule has 0 fully saturated rings. The monoisotopic (exact) mass is 431 g/mol. The Morgan fingerprint density at radius 2 is 1.73 bits per heavy atom. The molecule has 0 atom stereocenters. The van der Waals surface area contributed by atoms with Gasteiger partial charge in [-0.2, -0.15) is 13.2 Å². The van der Waals surface area contributed by atoms with Crippen molar-refractivity contribution < 1.29 is 22.7 Å². The molecule has 156 valence electrons. The van der Waals surface area contributed by atoms with Crippen molar-refractivity contribution in [1.82, 2.24) is 0 Å². The summed E-state index contributed by atoms with van der Waals surface area (Å²) in [6, 6.07) is 18.6. The topological polar surface area (TPSA) is 52.3 Å². The zero-order valence-corrected chi connectivity index (χ0v) is 17.0. The van der Waals surface area contributed by atoms with Gasteiger partial charge < -0.3 is 10.5 Å². The molecular weight excluding hydrogens is 411 g/mol. The minimum absolute atomic E-state index is 0.163. The van der Waals surface area contributed by atoms with Crippen LogP contribution in [0, 0.1) is 6.92 Å². The number of hydrogen-bond donors (Lipinski definition) is 1.